The molecule has 0 saturated heterocycles. The maximum absolute atomic E-state index is 12.3. The van der Waals surface area contributed by atoms with E-state index < -0.39 is 6.23 Å². The molecule has 0 spiro atoms. The fraction of sp³-hybridized carbons (Fsp3) is 0.250. The maximum Gasteiger partial charge on any atom is 0.189 e. The molecule has 1 aromatic carbocycles. The molecule has 0 aliphatic carbocycles. The van der Waals surface area contributed by atoms with Crippen LogP contribution in [-0.4, -0.2) is 11.3 Å². The van der Waals surface area contributed by atoms with Gasteiger partial charge in [-0.25, -0.2) is 4.39 Å². The first kappa shape index (κ1) is 8.17. The topological polar surface area (TPSA) is 47.9 Å². The zero-order valence-electron chi connectivity index (χ0n) is 6.13. The summed E-state index contributed by atoms with van der Waals surface area (Å²) in [6.45, 7) is 0. The van der Waals surface area contributed by atoms with Crippen LogP contribution in [0, 0.1) is 5.82 Å². The Morgan fingerprint density at radius 3 is 2.36 bits per heavy atom. The van der Waals surface area contributed by atoms with Crippen LogP contribution in [0.2, 0.25) is 0 Å². The number of aliphatic hydroxyl groups is 1. The molecule has 0 radical (unpaired) electrons. The van der Waals surface area contributed by atoms with Crippen LogP contribution < -0.4 is 5.73 Å². The van der Waals surface area contributed by atoms with Crippen molar-refractivity contribution in [3.8, 4) is 0 Å². The molecular weight excluding hydrogens is 145 g/mol. The first-order valence-electron chi connectivity index (χ1n) is 3.44. The third-order valence-electron chi connectivity index (χ3n) is 1.38. The fourth-order valence-electron chi connectivity index (χ4n) is 0.893. The van der Waals surface area contributed by atoms with E-state index in [0.717, 1.165) is 5.56 Å². The lowest BCUT2D eigenvalue weighted by molar-refractivity contribution is -0.481. The van der Waals surface area contributed by atoms with E-state index in [-0.39, 0.29) is 5.82 Å². The summed E-state index contributed by atoms with van der Waals surface area (Å²) in [5.41, 5.74) is 4.32. The third kappa shape index (κ3) is 2.65. The molecule has 2 nitrogen and oxygen atoms in total. The summed E-state index contributed by atoms with van der Waals surface area (Å²) in [5.74, 6) is -0.257. The number of quaternary nitrogens is 1. The molecule has 0 heterocycles. The van der Waals surface area contributed by atoms with Gasteiger partial charge in [0.2, 0.25) is 0 Å². The Balaban J connectivity index is 2.66. The van der Waals surface area contributed by atoms with Crippen molar-refractivity contribution in [2.75, 3.05) is 0 Å². The van der Waals surface area contributed by atoms with E-state index in [1.165, 1.54) is 12.1 Å². The van der Waals surface area contributed by atoms with E-state index in [2.05, 4.69) is 5.73 Å². The van der Waals surface area contributed by atoms with Gasteiger partial charge in [0.05, 0.1) is 6.42 Å². The van der Waals surface area contributed by atoms with Gasteiger partial charge in [-0.05, 0) is 17.7 Å². The van der Waals surface area contributed by atoms with Crippen molar-refractivity contribution in [2.24, 2.45) is 0 Å². The average Bonchev–Trinajstić information content (AvgIpc) is 1.93. The van der Waals surface area contributed by atoms with Gasteiger partial charge in [0.15, 0.2) is 6.23 Å². The summed E-state index contributed by atoms with van der Waals surface area (Å²) in [5, 5.41) is 8.87. The molecule has 0 saturated carbocycles. The van der Waals surface area contributed by atoms with Gasteiger partial charge in [-0.15, -0.1) is 0 Å². The largest absolute Gasteiger partial charge is 0.345 e. The van der Waals surface area contributed by atoms with Crippen LogP contribution in [0.1, 0.15) is 5.56 Å². The van der Waals surface area contributed by atoms with Crippen LogP contribution in [-0.2, 0) is 6.42 Å². The molecule has 0 fully saturated rings. The van der Waals surface area contributed by atoms with Gasteiger partial charge < -0.3 is 10.8 Å². The molecule has 0 aliphatic heterocycles. The van der Waals surface area contributed by atoms with E-state index in [1.54, 1.807) is 12.1 Å². The van der Waals surface area contributed by atoms with Crippen molar-refractivity contribution < 1.29 is 15.2 Å². The third-order valence-corrected chi connectivity index (χ3v) is 1.38. The van der Waals surface area contributed by atoms with Gasteiger partial charge in [0, 0.05) is 0 Å². The summed E-state index contributed by atoms with van der Waals surface area (Å²) in [6.07, 6.45) is -0.138. The maximum atomic E-state index is 12.3. The summed E-state index contributed by atoms with van der Waals surface area (Å²) in [7, 11) is 0. The summed E-state index contributed by atoms with van der Waals surface area (Å²) < 4.78 is 12.3. The molecule has 11 heavy (non-hydrogen) atoms. The molecule has 1 atom stereocenters. The average molecular weight is 156 g/mol. The smallest absolute Gasteiger partial charge is 0.189 e. The molecular formula is C8H11FNO+. The van der Waals surface area contributed by atoms with E-state index in [1.807, 2.05) is 0 Å². The minimum Gasteiger partial charge on any atom is -0.345 e. The quantitative estimate of drug-likeness (QED) is 0.578. The fourth-order valence-corrected chi connectivity index (χ4v) is 0.893. The highest BCUT2D eigenvalue weighted by atomic mass is 19.1. The van der Waals surface area contributed by atoms with Crippen LogP contribution in [0.4, 0.5) is 4.39 Å². The second-order valence-electron chi connectivity index (χ2n) is 2.48. The van der Waals surface area contributed by atoms with Crippen molar-refractivity contribution in [3.63, 3.8) is 0 Å². The number of aliphatic hydroxyl groups excluding tert-OH is 1. The zero-order chi connectivity index (χ0) is 8.27. The monoisotopic (exact) mass is 156 g/mol. The number of hydrogen-bond acceptors (Lipinski definition) is 1. The molecule has 1 aromatic rings. The molecule has 0 amide bonds. The highest BCUT2D eigenvalue weighted by Gasteiger charge is 2.00. The molecule has 1 rings (SSSR count). The summed E-state index contributed by atoms with van der Waals surface area (Å²) >= 11 is 0. The number of hydrogen-bond donors (Lipinski definition) is 2. The van der Waals surface area contributed by atoms with Crippen molar-refractivity contribution in [1.82, 2.24) is 0 Å². The Hall–Kier alpha value is -0.930. The molecule has 0 bridgehead atoms. The van der Waals surface area contributed by atoms with Crippen molar-refractivity contribution >= 4 is 0 Å². The molecule has 4 N–H and O–H groups in total. The minimum atomic E-state index is -0.611. The van der Waals surface area contributed by atoms with Crippen LogP contribution in [0.3, 0.4) is 0 Å². The van der Waals surface area contributed by atoms with Gasteiger partial charge in [-0.2, -0.15) is 0 Å². The van der Waals surface area contributed by atoms with Crippen LogP contribution >= 0.6 is 0 Å². The second kappa shape index (κ2) is 3.46. The van der Waals surface area contributed by atoms with Gasteiger partial charge in [0.25, 0.3) is 0 Å². The Bertz CT molecular complexity index is 220. The normalized spacial score (nSPS) is 13.0. The van der Waals surface area contributed by atoms with Crippen LogP contribution in [0.15, 0.2) is 24.3 Å². The van der Waals surface area contributed by atoms with E-state index in [0.29, 0.717) is 6.42 Å². The molecule has 60 valence electrons. The van der Waals surface area contributed by atoms with Gasteiger partial charge in [-0.1, -0.05) is 12.1 Å². The van der Waals surface area contributed by atoms with E-state index in [9.17, 15) is 4.39 Å². The van der Waals surface area contributed by atoms with Gasteiger partial charge in [-0.3, -0.25) is 0 Å². The molecule has 1 unspecified atom stereocenters. The summed E-state index contributed by atoms with van der Waals surface area (Å²) in [4.78, 5) is 0. The van der Waals surface area contributed by atoms with E-state index in [4.69, 9.17) is 5.11 Å². The lowest BCUT2D eigenvalue weighted by Crippen LogP contribution is -2.61. The number of halogens is 1. The Morgan fingerprint density at radius 1 is 1.36 bits per heavy atom. The summed E-state index contributed by atoms with van der Waals surface area (Å²) in [6, 6.07) is 6.03. The van der Waals surface area contributed by atoms with Gasteiger partial charge >= 0.3 is 0 Å². The van der Waals surface area contributed by atoms with E-state index >= 15 is 0 Å². The first-order chi connectivity index (χ1) is 5.18. The zero-order valence-corrected chi connectivity index (χ0v) is 6.13. The highest BCUT2D eigenvalue weighted by molar-refractivity contribution is 5.16. The standard InChI is InChI=1S/C8H10FNO/c9-7-3-1-6(2-4-7)5-8(10)11/h1-4,8,11H,5,10H2/p+1. The Kier molecular flexibility index (Phi) is 2.57. The lowest BCUT2D eigenvalue weighted by atomic mass is 10.1. The molecule has 0 aromatic heterocycles. The predicted octanol–water partition coefficient (Wildman–Crippen LogP) is -0.0715. The van der Waals surface area contributed by atoms with Crippen molar-refractivity contribution in [3.05, 3.63) is 35.6 Å². The molecule has 3 heteroatoms. The first-order valence-corrected chi connectivity index (χ1v) is 3.44. The van der Waals surface area contributed by atoms with Crippen LogP contribution in [0.5, 0.6) is 0 Å². The number of benzene rings is 1. The molecule has 0 aliphatic rings. The predicted molar refractivity (Wildman–Crippen MR) is 39.0 cm³/mol. The van der Waals surface area contributed by atoms with Crippen molar-refractivity contribution in [1.29, 1.82) is 0 Å². The van der Waals surface area contributed by atoms with Gasteiger partial charge in [0.1, 0.15) is 5.82 Å². The Morgan fingerprint density at radius 2 is 1.91 bits per heavy atom. The minimum absolute atomic E-state index is 0.257. The second-order valence-corrected chi connectivity index (χ2v) is 2.48. The Labute approximate surface area is 64.5 Å². The van der Waals surface area contributed by atoms with Crippen molar-refractivity contribution in [2.45, 2.75) is 12.6 Å². The van der Waals surface area contributed by atoms with Crippen LogP contribution in [0.25, 0.3) is 0 Å². The lowest BCUT2D eigenvalue weighted by Gasteiger charge is -2.00. The highest BCUT2D eigenvalue weighted by Crippen LogP contribution is 2.03. The SMILES string of the molecule is [NH3+]C(O)Cc1ccc(F)cc1. The number of rotatable bonds is 2.